The first-order valence-corrected chi connectivity index (χ1v) is 10.4. The van der Waals surface area contributed by atoms with E-state index in [9.17, 15) is 10.1 Å². The maximum absolute atomic E-state index is 12.7. The zero-order valence-corrected chi connectivity index (χ0v) is 16.6. The highest BCUT2D eigenvalue weighted by Gasteiger charge is 2.46. The van der Waals surface area contributed by atoms with Crippen molar-refractivity contribution in [1.82, 2.24) is 15.1 Å². The summed E-state index contributed by atoms with van der Waals surface area (Å²) in [6, 6.07) is 9.95. The second-order valence-electron chi connectivity index (χ2n) is 8.87. The number of hydrogen-bond acceptors (Lipinski definition) is 6. The second-order valence-corrected chi connectivity index (χ2v) is 8.87. The third kappa shape index (κ3) is 3.37. The Hall–Kier alpha value is -2.88. The molecule has 0 unspecified atom stereocenters. The van der Waals surface area contributed by atoms with Crippen molar-refractivity contribution >= 4 is 11.9 Å². The molecule has 5 rings (SSSR count). The van der Waals surface area contributed by atoms with Crippen molar-refractivity contribution in [3.8, 4) is 17.5 Å². The lowest BCUT2D eigenvalue weighted by molar-refractivity contribution is -0.133. The van der Waals surface area contributed by atoms with E-state index < -0.39 is 6.04 Å². The lowest BCUT2D eigenvalue weighted by Crippen LogP contribution is -2.45. The van der Waals surface area contributed by atoms with Crippen LogP contribution in [0.3, 0.4) is 0 Å². The van der Waals surface area contributed by atoms with Gasteiger partial charge in [0.1, 0.15) is 6.04 Å². The van der Waals surface area contributed by atoms with E-state index in [-0.39, 0.29) is 17.3 Å². The summed E-state index contributed by atoms with van der Waals surface area (Å²) in [5.41, 5.74) is 2.09. The SMILES string of the molecule is C[C@@H](Nc1nnc(-c2ccc(C3(C#N)CC3)cc2)o1)C(=O)N1CCC2(CC1)CC2. The highest BCUT2D eigenvalue weighted by molar-refractivity contribution is 5.83. The molecule has 2 aromatic rings. The number of hydrogen-bond donors (Lipinski definition) is 1. The molecule has 7 nitrogen and oxygen atoms in total. The zero-order chi connectivity index (χ0) is 20.1. The second kappa shape index (κ2) is 6.58. The van der Waals surface area contributed by atoms with Crippen LogP contribution in [0.5, 0.6) is 0 Å². The average molecular weight is 391 g/mol. The molecular weight excluding hydrogens is 366 g/mol. The van der Waals surface area contributed by atoms with Crippen LogP contribution in [0.1, 0.15) is 51.0 Å². The zero-order valence-electron chi connectivity index (χ0n) is 16.6. The van der Waals surface area contributed by atoms with Crippen LogP contribution in [0.4, 0.5) is 6.01 Å². The minimum Gasteiger partial charge on any atom is -0.403 e. The molecule has 1 amide bonds. The quantitative estimate of drug-likeness (QED) is 0.838. The molecule has 7 heteroatoms. The van der Waals surface area contributed by atoms with Crippen molar-refractivity contribution < 1.29 is 9.21 Å². The normalized spacial score (nSPS) is 22.0. The van der Waals surface area contributed by atoms with E-state index in [1.165, 1.54) is 12.8 Å². The van der Waals surface area contributed by atoms with Crippen molar-refractivity contribution in [1.29, 1.82) is 5.26 Å². The van der Waals surface area contributed by atoms with Crippen LogP contribution in [-0.2, 0) is 10.2 Å². The molecule has 1 aromatic carbocycles. The Balaban J connectivity index is 1.21. The van der Waals surface area contributed by atoms with E-state index in [2.05, 4.69) is 21.6 Å². The lowest BCUT2D eigenvalue weighted by atomic mass is 9.93. The summed E-state index contributed by atoms with van der Waals surface area (Å²) in [5, 5.41) is 20.5. The first-order valence-electron chi connectivity index (χ1n) is 10.4. The highest BCUT2D eigenvalue weighted by atomic mass is 16.4. The molecular formula is C22H25N5O2. The fourth-order valence-corrected chi connectivity index (χ4v) is 4.32. The molecule has 150 valence electrons. The Morgan fingerprint density at radius 2 is 1.83 bits per heavy atom. The number of anilines is 1. The summed E-state index contributed by atoms with van der Waals surface area (Å²) in [5.74, 6) is 0.477. The van der Waals surface area contributed by atoms with Gasteiger partial charge in [-0.25, -0.2) is 0 Å². The summed E-state index contributed by atoms with van der Waals surface area (Å²) in [7, 11) is 0. The number of amides is 1. The van der Waals surface area contributed by atoms with Gasteiger partial charge in [-0.1, -0.05) is 17.2 Å². The predicted octanol–water partition coefficient (Wildman–Crippen LogP) is 3.49. The van der Waals surface area contributed by atoms with Crippen molar-refractivity contribution in [2.45, 2.75) is 56.9 Å². The Morgan fingerprint density at radius 1 is 1.14 bits per heavy atom. The van der Waals surface area contributed by atoms with Gasteiger partial charge in [-0.2, -0.15) is 5.26 Å². The predicted molar refractivity (Wildman–Crippen MR) is 107 cm³/mol. The molecule has 1 aromatic heterocycles. The van der Waals surface area contributed by atoms with Gasteiger partial charge in [0, 0.05) is 18.7 Å². The molecule has 2 saturated carbocycles. The fourth-order valence-electron chi connectivity index (χ4n) is 4.32. The minimum atomic E-state index is -0.413. The number of carbonyl (C=O) groups excluding carboxylic acids is 1. The van der Waals surface area contributed by atoms with Gasteiger partial charge in [-0.15, -0.1) is 5.10 Å². The first-order chi connectivity index (χ1) is 14.0. The molecule has 1 saturated heterocycles. The van der Waals surface area contributed by atoms with Crippen LogP contribution in [0.15, 0.2) is 28.7 Å². The van der Waals surface area contributed by atoms with Crippen molar-refractivity contribution in [3.05, 3.63) is 29.8 Å². The maximum atomic E-state index is 12.7. The molecule has 29 heavy (non-hydrogen) atoms. The van der Waals surface area contributed by atoms with Gasteiger partial charge in [0.25, 0.3) is 0 Å². The summed E-state index contributed by atoms with van der Waals surface area (Å²) in [6.07, 6.45) is 6.74. The van der Waals surface area contributed by atoms with Crippen LogP contribution in [0.2, 0.25) is 0 Å². The smallest absolute Gasteiger partial charge is 0.316 e. The molecule has 2 heterocycles. The molecule has 2 aliphatic carbocycles. The number of piperidine rings is 1. The number of nitrogens with zero attached hydrogens (tertiary/aromatic N) is 4. The topological polar surface area (TPSA) is 95.0 Å². The standard InChI is InChI=1S/C22H25N5O2/c1-15(19(28)27-12-10-21(6-7-21)11-13-27)24-20-26-25-18(29-20)16-2-4-17(5-3-16)22(14-23)8-9-22/h2-5,15H,6-13H2,1H3,(H,24,26)/t15-/m1/s1. The van der Waals surface area contributed by atoms with Crippen LogP contribution < -0.4 is 5.32 Å². The van der Waals surface area contributed by atoms with E-state index >= 15 is 0 Å². The molecule has 1 aliphatic heterocycles. The first kappa shape index (κ1) is 18.2. The van der Waals surface area contributed by atoms with Gasteiger partial charge in [0.05, 0.1) is 11.5 Å². The fraction of sp³-hybridized carbons (Fsp3) is 0.545. The summed E-state index contributed by atoms with van der Waals surface area (Å²) in [6.45, 7) is 3.52. The van der Waals surface area contributed by atoms with Crippen LogP contribution in [0.25, 0.3) is 11.5 Å². The number of nitriles is 1. The van der Waals surface area contributed by atoms with Gasteiger partial charge in [-0.3, -0.25) is 4.79 Å². The van der Waals surface area contributed by atoms with Gasteiger partial charge in [0.15, 0.2) is 0 Å². The molecule has 3 aliphatic rings. The molecule has 0 radical (unpaired) electrons. The van der Waals surface area contributed by atoms with Gasteiger partial charge in [-0.05, 0) is 68.6 Å². The average Bonchev–Trinajstić information content (AvgIpc) is 3.67. The Morgan fingerprint density at radius 3 is 2.41 bits per heavy atom. The number of aromatic nitrogens is 2. The summed E-state index contributed by atoms with van der Waals surface area (Å²) in [4.78, 5) is 14.7. The summed E-state index contributed by atoms with van der Waals surface area (Å²) >= 11 is 0. The van der Waals surface area contributed by atoms with Gasteiger partial charge >= 0.3 is 6.01 Å². The van der Waals surface area contributed by atoms with E-state index in [4.69, 9.17) is 4.42 Å². The maximum Gasteiger partial charge on any atom is 0.316 e. The largest absolute Gasteiger partial charge is 0.403 e. The van der Waals surface area contributed by atoms with Crippen LogP contribution >= 0.6 is 0 Å². The van der Waals surface area contributed by atoms with E-state index in [0.29, 0.717) is 11.3 Å². The Bertz CT molecular complexity index is 956. The Labute approximate surface area is 170 Å². The third-order valence-corrected chi connectivity index (χ3v) is 6.88. The van der Waals surface area contributed by atoms with Crippen LogP contribution in [0, 0.1) is 16.7 Å². The van der Waals surface area contributed by atoms with Gasteiger partial charge < -0.3 is 14.6 Å². The number of likely N-dealkylation sites (tertiary alicyclic amines) is 1. The molecule has 1 N–H and O–H groups in total. The van der Waals surface area contributed by atoms with Crippen molar-refractivity contribution in [2.24, 2.45) is 5.41 Å². The Kier molecular flexibility index (Phi) is 4.12. The minimum absolute atomic E-state index is 0.0795. The number of carbonyl (C=O) groups is 1. The summed E-state index contributed by atoms with van der Waals surface area (Å²) < 4.78 is 5.72. The van der Waals surface area contributed by atoms with E-state index in [1.54, 1.807) is 0 Å². The lowest BCUT2D eigenvalue weighted by Gasteiger charge is -2.33. The third-order valence-electron chi connectivity index (χ3n) is 6.88. The molecule has 0 bridgehead atoms. The molecule has 3 fully saturated rings. The van der Waals surface area contributed by atoms with Gasteiger partial charge in [0.2, 0.25) is 11.8 Å². The van der Waals surface area contributed by atoms with Crippen molar-refractivity contribution in [3.63, 3.8) is 0 Å². The van der Waals surface area contributed by atoms with Crippen molar-refractivity contribution in [2.75, 3.05) is 18.4 Å². The highest BCUT2D eigenvalue weighted by Crippen LogP contribution is 2.53. The number of rotatable bonds is 5. The van der Waals surface area contributed by atoms with Crippen LogP contribution in [-0.4, -0.2) is 40.1 Å². The van der Waals surface area contributed by atoms with E-state index in [0.717, 1.165) is 49.9 Å². The monoisotopic (exact) mass is 391 g/mol. The molecule has 1 atom stereocenters. The van der Waals surface area contributed by atoms with E-state index in [1.807, 2.05) is 36.1 Å². The molecule has 1 spiro atoms. The number of benzene rings is 1. The number of nitrogens with one attached hydrogen (secondary N) is 1.